The number of hydrogen-bond donors (Lipinski definition) is 2. The minimum absolute atomic E-state index is 0.183. The molecule has 0 unspecified atom stereocenters. The zero-order valence-electron chi connectivity index (χ0n) is 10.6. The smallest absolute Gasteiger partial charge is 0.253 e. The van der Waals surface area contributed by atoms with Gasteiger partial charge in [0.05, 0.1) is 5.56 Å². The van der Waals surface area contributed by atoms with E-state index in [2.05, 4.69) is 5.32 Å². The van der Waals surface area contributed by atoms with Crippen molar-refractivity contribution in [1.82, 2.24) is 5.32 Å². The summed E-state index contributed by atoms with van der Waals surface area (Å²) in [6, 6.07) is 12.8. The summed E-state index contributed by atoms with van der Waals surface area (Å²) in [7, 11) is 0. The van der Waals surface area contributed by atoms with Gasteiger partial charge in [0, 0.05) is 17.3 Å². The number of nitrogens with one attached hydrogen (secondary N) is 1. The molecule has 3 nitrogen and oxygen atoms in total. The lowest BCUT2D eigenvalue weighted by Crippen LogP contribution is -2.23. The number of nitrogen functional groups attached to an aromatic ring is 1. The number of rotatable bonds is 3. The predicted octanol–water partition coefficient (Wildman–Crippen LogP) is 3.16. The van der Waals surface area contributed by atoms with Gasteiger partial charge >= 0.3 is 0 Å². The standard InChI is InChI=1S/C15H15ClN2O/c1-10-5-6-13(14(17)7-10)15(19)18-9-11-3-2-4-12(16)8-11/h2-8H,9,17H2,1H3,(H,18,19). The molecule has 2 rings (SSSR count). The van der Waals surface area contributed by atoms with Crippen LogP contribution in [0.5, 0.6) is 0 Å². The van der Waals surface area contributed by atoms with Crippen LogP contribution < -0.4 is 11.1 Å². The van der Waals surface area contributed by atoms with Crippen LogP contribution in [0, 0.1) is 6.92 Å². The molecular formula is C15H15ClN2O. The molecule has 3 N–H and O–H groups in total. The minimum Gasteiger partial charge on any atom is -0.398 e. The van der Waals surface area contributed by atoms with E-state index in [1.807, 2.05) is 31.2 Å². The Morgan fingerprint density at radius 3 is 2.74 bits per heavy atom. The van der Waals surface area contributed by atoms with E-state index in [9.17, 15) is 4.79 Å². The van der Waals surface area contributed by atoms with E-state index in [0.29, 0.717) is 22.8 Å². The van der Waals surface area contributed by atoms with Crippen molar-refractivity contribution in [2.45, 2.75) is 13.5 Å². The fourth-order valence-electron chi connectivity index (χ4n) is 1.81. The van der Waals surface area contributed by atoms with E-state index in [-0.39, 0.29) is 5.91 Å². The van der Waals surface area contributed by atoms with Crippen molar-refractivity contribution < 1.29 is 4.79 Å². The van der Waals surface area contributed by atoms with E-state index in [0.717, 1.165) is 11.1 Å². The second kappa shape index (κ2) is 5.76. The van der Waals surface area contributed by atoms with Gasteiger partial charge in [0.2, 0.25) is 0 Å². The maximum Gasteiger partial charge on any atom is 0.253 e. The van der Waals surface area contributed by atoms with Crippen molar-refractivity contribution in [2.75, 3.05) is 5.73 Å². The van der Waals surface area contributed by atoms with Crippen LogP contribution >= 0.6 is 11.6 Å². The van der Waals surface area contributed by atoms with E-state index in [4.69, 9.17) is 17.3 Å². The zero-order chi connectivity index (χ0) is 13.8. The average Bonchev–Trinajstić information content (AvgIpc) is 2.36. The van der Waals surface area contributed by atoms with Crippen LogP contribution in [0.25, 0.3) is 0 Å². The first kappa shape index (κ1) is 13.4. The van der Waals surface area contributed by atoms with Gasteiger partial charge < -0.3 is 11.1 Å². The van der Waals surface area contributed by atoms with Gasteiger partial charge in [-0.2, -0.15) is 0 Å². The minimum atomic E-state index is -0.183. The monoisotopic (exact) mass is 274 g/mol. The number of carbonyl (C=O) groups excluding carboxylic acids is 1. The highest BCUT2D eigenvalue weighted by Crippen LogP contribution is 2.14. The Morgan fingerprint density at radius 1 is 1.26 bits per heavy atom. The summed E-state index contributed by atoms with van der Waals surface area (Å²) in [6.45, 7) is 2.36. The summed E-state index contributed by atoms with van der Waals surface area (Å²) in [5.41, 5.74) is 8.80. The van der Waals surface area contributed by atoms with Crippen molar-refractivity contribution in [3.05, 3.63) is 64.2 Å². The van der Waals surface area contributed by atoms with Crippen molar-refractivity contribution in [1.29, 1.82) is 0 Å². The van der Waals surface area contributed by atoms with Crippen molar-refractivity contribution >= 4 is 23.2 Å². The van der Waals surface area contributed by atoms with Crippen LogP contribution in [0.15, 0.2) is 42.5 Å². The van der Waals surface area contributed by atoms with Crippen LogP contribution in [0.1, 0.15) is 21.5 Å². The molecule has 0 spiro atoms. The molecule has 0 aliphatic rings. The number of halogens is 1. The van der Waals surface area contributed by atoms with Crippen LogP contribution in [0.2, 0.25) is 5.02 Å². The van der Waals surface area contributed by atoms with Gasteiger partial charge in [-0.25, -0.2) is 0 Å². The molecule has 2 aromatic carbocycles. The van der Waals surface area contributed by atoms with Gasteiger partial charge in [0.15, 0.2) is 0 Å². The summed E-state index contributed by atoms with van der Waals surface area (Å²) in [5.74, 6) is -0.183. The molecule has 19 heavy (non-hydrogen) atoms. The van der Waals surface area contributed by atoms with E-state index in [1.165, 1.54) is 0 Å². The lowest BCUT2D eigenvalue weighted by molar-refractivity contribution is 0.0952. The Labute approximate surface area is 117 Å². The van der Waals surface area contributed by atoms with Crippen LogP contribution in [-0.4, -0.2) is 5.91 Å². The van der Waals surface area contributed by atoms with Gasteiger partial charge in [-0.05, 0) is 42.3 Å². The molecule has 0 bridgehead atoms. The molecule has 98 valence electrons. The molecule has 0 atom stereocenters. The molecule has 2 aromatic rings. The highest BCUT2D eigenvalue weighted by Gasteiger charge is 2.09. The number of anilines is 1. The van der Waals surface area contributed by atoms with Crippen LogP contribution in [0.4, 0.5) is 5.69 Å². The van der Waals surface area contributed by atoms with Crippen molar-refractivity contribution in [2.24, 2.45) is 0 Å². The number of hydrogen-bond acceptors (Lipinski definition) is 2. The van der Waals surface area contributed by atoms with Gasteiger partial charge in [-0.15, -0.1) is 0 Å². The SMILES string of the molecule is Cc1ccc(C(=O)NCc2cccc(Cl)c2)c(N)c1. The van der Waals surface area contributed by atoms with E-state index in [1.54, 1.807) is 18.2 Å². The van der Waals surface area contributed by atoms with Crippen molar-refractivity contribution in [3.63, 3.8) is 0 Å². The van der Waals surface area contributed by atoms with Gasteiger partial charge in [-0.1, -0.05) is 29.8 Å². The predicted molar refractivity (Wildman–Crippen MR) is 78.2 cm³/mol. The summed E-state index contributed by atoms with van der Waals surface area (Å²) in [5, 5.41) is 3.48. The number of benzene rings is 2. The third-order valence-corrected chi connectivity index (χ3v) is 3.03. The first-order valence-electron chi connectivity index (χ1n) is 5.95. The van der Waals surface area contributed by atoms with E-state index < -0.39 is 0 Å². The zero-order valence-corrected chi connectivity index (χ0v) is 11.4. The normalized spacial score (nSPS) is 10.2. The van der Waals surface area contributed by atoms with Crippen LogP contribution in [0.3, 0.4) is 0 Å². The maximum absolute atomic E-state index is 12.0. The Morgan fingerprint density at radius 2 is 2.05 bits per heavy atom. The highest BCUT2D eigenvalue weighted by molar-refractivity contribution is 6.30. The molecule has 0 saturated carbocycles. The third kappa shape index (κ3) is 3.48. The number of nitrogens with two attached hydrogens (primary N) is 1. The Balaban J connectivity index is 2.05. The van der Waals surface area contributed by atoms with E-state index >= 15 is 0 Å². The fourth-order valence-corrected chi connectivity index (χ4v) is 2.03. The number of carbonyl (C=O) groups is 1. The van der Waals surface area contributed by atoms with Crippen molar-refractivity contribution in [3.8, 4) is 0 Å². The second-order valence-corrected chi connectivity index (χ2v) is 4.84. The quantitative estimate of drug-likeness (QED) is 0.845. The third-order valence-electron chi connectivity index (χ3n) is 2.79. The molecule has 0 fully saturated rings. The molecule has 0 saturated heterocycles. The Bertz CT molecular complexity index is 611. The molecule has 0 aliphatic carbocycles. The first-order chi connectivity index (χ1) is 9.06. The average molecular weight is 275 g/mol. The molecular weight excluding hydrogens is 260 g/mol. The number of aryl methyl sites for hydroxylation is 1. The van der Waals surface area contributed by atoms with Gasteiger partial charge in [0.1, 0.15) is 0 Å². The Hall–Kier alpha value is -2.00. The summed E-state index contributed by atoms with van der Waals surface area (Å²) >= 11 is 5.89. The van der Waals surface area contributed by atoms with Gasteiger partial charge in [-0.3, -0.25) is 4.79 Å². The molecule has 0 radical (unpaired) electrons. The lowest BCUT2D eigenvalue weighted by atomic mass is 10.1. The summed E-state index contributed by atoms with van der Waals surface area (Å²) < 4.78 is 0. The first-order valence-corrected chi connectivity index (χ1v) is 6.33. The molecule has 0 heterocycles. The lowest BCUT2D eigenvalue weighted by Gasteiger charge is -2.08. The number of amides is 1. The highest BCUT2D eigenvalue weighted by atomic mass is 35.5. The molecule has 1 amide bonds. The van der Waals surface area contributed by atoms with Gasteiger partial charge in [0.25, 0.3) is 5.91 Å². The largest absolute Gasteiger partial charge is 0.398 e. The fraction of sp³-hybridized carbons (Fsp3) is 0.133. The van der Waals surface area contributed by atoms with Crippen LogP contribution in [-0.2, 0) is 6.54 Å². The molecule has 4 heteroatoms. The Kier molecular flexibility index (Phi) is 4.07. The molecule has 0 aromatic heterocycles. The molecule has 0 aliphatic heterocycles. The second-order valence-electron chi connectivity index (χ2n) is 4.40. The summed E-state index contributed by atoms with van der Waals surface area (Å²) in [6.07, 6.45) is 0. The summed E-state index contributed by atoms with van der Waals surface area (Å²) in [4.78, 5) is 12.0. The topological polar surface area (TPSA) is 55.1 Å². The maximum atomic E-state index is 12.0.